The molecule has 1 saturated carbocycles. The third-order valence-electron chi connectivity index (χ3n) is 3.75. The van der Waals surface area contributed by atoms with E-state index < -0.39 is 5.54 Å². The van der Waals surface area contributed by atoms with Gasteiger partial charge in [-0.05, 0) is 37.5 Å². The third-order valence-corrected chi connectivity index (χ3v) is 3.75. The van der Waals surface area contributed by atoms with Gasteiger partial charge in [-0.1, -0.05) is 18.9 Å². The molecule has 1 aliphatic carbocycles. The normalized spacial score (nSPS) is 16.8. The van der Waals surface area contributed by atoms with E-state index in [2.05, 4.69) is 10.6 Å². The van der Waals surface area contributed by atoms with Crippen molar-refractivity contribution in [3.8, 4) is 0 Å². The van der Waals surface area contributed by atoms with Gasteiger partial charge in [0.2, 0.25) is 11.8 Å². The Hall–Kier alpha value is -1.88. The lowest BCUT2D eigenvalue weighted by molar-refractivity contribution is -0.121. The largest absolute Gasteiger partial charge is 0.326 e. The number of hydrogen-bond acceptors (Lipinski definition) is 3. The lowest BCUT2D eigenvalue weighted by Gasteiger charge is -2.23. The molecule has 0 unspecified atom stereocenters. The van der Waals surface area contributed by atoms with Gasteiger partial charge in [-0.3, -0.25) is 9.59 Å². The molecule has 5 heteroatoms. The summed E-state index contributed by atoms with van der Waals surface area (Å²) >= 11 is 0. The zero-order valence-corrected chi connectivity index (χ0v) is 12.0. The molecule has 5 nitrogen and oxygen atoms in total. The quantitative estimate of drug-likeness (QED) is 0.790. The number of amides is 2. The maximum Gasteiger partial charge on any atom is 0.244 e. The van der Waals surface area contributed by atoms with Crippen LogP contribution in [0.25, 0.3) is 0 Å². The number of aryl methyl sites for hydroxylation is 1. The van der Waals surface area contributed by atoms with Gasteiger partial charge in [0.1, 0.15) is 0 Å². The lowest BCUT2D eigenvalue weighted by atomic mass is 9.98. The Bertz CT molecular complexity index is 534. The van der Waals surface area contributed by atoms with Gasteiger partial charge in [-0.25, -0.2) is 0 Å². The van der Waals surface area contributed by atoms with Crippen LogP contribution >= 0.6 is 0 Å². The molecule has 0 radical (unpaired) electrons. The van der Waals surface area contributed by atoms with Crippen LogP contribution in [0, 0.1) is 6.92 Å². The van der Waals surface area contributed by atoms with Crippen LogP contribution < -0.4 is 16.4 Å². The summed E-state index contributed by atoms with van der Waals surface area (Å²) in [6.07, 6.45) is 3.44. The number of nitrogens with two attached hydrogens (primary N) is 1. The zero-order valence-electron chi connectivity index (χ0n) is 12.0. The first kappa shape index (κ1) is 14.5. The van der Waals surface area contributed by atoms with Crippen molar-refractivity contribution in [2.24, 2.45) is 5.73 Å². The smallest absolute Gasteiger partial charge is 0.244 e. The number of rotatable bonds is 3. The number of benzene rings is 1. The van der Waals surface area contributed by atoms with E-state index in [0.717, 1.165) is 31.2 Å². The maximum atomic E-state index is 12.3. The van der Waals surface area contributed by atoms with Crippen LogP contribution in [0.15, 0.2) is 18.2 Å². The number of carbonyl (C=O) groups excluding carboxylic acids is 2. The van der Waals surface area contributed by atoms with Crippen molar-refractivity contribution in [1.29, 1.82) is 0 Å². The van der Waals surface area contributed by atoms with Crippen LogP contribution in [0.2, 0.25) is 0 Å². The van der Waals surface area contributed by atoms with Crippen LogP contribution in [0.4, 0.5) is 11.4 Å². The molecule has 108 valence electrons. The van der Waals surface area contributed by atoms with Crippen molar-refractivity contribution in [2.75, 3.05) is 10.6 Å². The van der Waals surface area contributed by atoms with Crippen LogP contribution in [0.5, 0.6) is 0 Å². The second kappa shape index (κ2) is 5.63. The molecule has 2 amide bonds. The van der Waals surface area contributed by atoms with E-state index >= 15 is 0 Å². The van der Waals surface area contributed by atoms with Crippen LogP contribution in [0.3, 0.4) is 0 Å². The Labute approximate surface area is 118 Å². The van der Waals surface area contributed by atoms with Crippen LogP contribution in [-0.4, -0.2) is 17.4 Å². The van der Waals surface area contributed by atoms with Crippen molar-refractivity contribution in [3.63, 3.8) is 0 Å². The predicted octanol–water partition coefficient (Wildman–Crippen LogP) is 2.16. The van der Waals surface area contributed by atoms with E-state index in [1.165, 1.54) is 6.92 Å². The average Bonchev–Trinajstić information content (AvgIpc) is 2.81. The fraction of sp³-hybridized carbons (Fsp3) is 0.467. The van der Waals surface area contributed by atoms with Gasteiger partial charge < -0.3 is 16.4 Å². The van der Waals surface area contributed by atoms with Crippen molar-refractivity contribution < 1.29 is 9.59 Å². The number of anilines is 2. The van der Waals surface area contributed by atoms with E-state index in [0.29, 0.717) is 11.4 Å². The summed E-state index contributed by atoms with van der Waals surface area (Å²) in [6, 6.07) is 5.42. The molecule has 0 atom stereocenters. The number of hydrogen-bond donors (Lipinski definition) is 3. The highest BCUT2D eigenvalue weighted by molar-refractivity contribution is 5.99. The molecule has 1 aromatic rings. The predicted molar refractivity (Wildman–Crippen MR) is 79.5 cm³/mol. The van der Waals surface area contributed by atoms with E-state index in [1.54, 1.807) is 12.1 Å². The molecule has 0 heterocycles. The SMILES string of the molecule is CC(=O)Nc1ccc(C)c(NC(=O)C2(N)CCCC2)c1. The first-order valence-electron chi connectivity index (χ1n) is 6.89. The van der Waals surface area contributed by atoms with Gasteiger partial charge in [-0.2, -0.15) is 0 Å². The Balaban J connectivity index is 2.15. The van der Waals surface area contributed by atoms with E-state index in [9.17, 15) is 9.59 Å². The Morgan fingerprint density at radius 1 is 1.20 bits per heavy atom. The minimum Gasteiger partial charge on any atom is -0.326 e. The summed E-state index contributed by atoms with van der Waals surface area (Å²) in [4.78, 5) is 23.4. The molecular formula is C15H21N3O2. The molecule has 20 heavy (non-hydrogen) atoms. The first-order chi connectivity index (χ1) is 9.40. The molecule has 0 spiro atoms. The molecular weight excluding hydrogens is 254 g/mol. The number of carbonyl (C=O) groups is 2. The van der Waals surface area contributed by atoms with Gasteiger partial charge in [0.25, 0.3) is 0 Å². The highest BCUT2D eigenvalue weighted by Crippen LogP contribution is 2.29. The summed E-state index contributed by atoms with van der Waals surface area (Å²) in [7, 11) is 0. The molecule has 2 rings (SSSR count). The minimum atomic E-state index is -0.754. The molecule has 1 aliphatic rings. The average molecular weight is 275 g/mol. The van der Waals surface area contributed by atoms with E-state index in [4.69, 9.17) is 5.73 Å². The highest BCUT2D eigenvalue weighted by Gasteiger charge is 2.37. The van der Waals surface area contributed by atoms with Crippen LogP contribution in [-0.2, 0) is 9.59 Å². The molecule has 1 aromatic carbocycles. The molecule has 0 bridgehead atoms. The van der Waals surface area contributed by atoms with Crippen LogP contribution in [0.1, 0.15) is 38.2 Å². The van der Waals surface area contributed by atoms with Crippen molar-refractivity contribution >= 4 is 23.2 Å². The fourth-order valence-electron chi connectivity index (χ4n) is 2.52. The van der Waals surface area contributed by atoms with Gasteiger partial charge in [-0.15, -0.1) is 0 Å². The summed E-state index contributed by atoms with van der Waals surface area (Å²) < 4.78 is 0. The van der Waals surface area contributed by atoms with Gasteiger partial charge >= 0.3 is 0 Å². The summed E-state index contributed by atoms with van der Waals surface area (Å²) in [5, 5.41) is 5.59. The van der Waals surface area contributed by atoms with Crippen molar-refractivity contribution in [1.82, 2.24) is 0 Å². The van der Waals surface area contributed by atoms with E-state index in [-0.39, 0.29) is 11.8 Å². The van der Waals surface area contributed by atoms with Gasteiger partial charge in [0.15, 0.2) is 0 Å². The van der Waals surface area contributed by atoms with Crippen molar-refractivity contribution in [2.45, 2.75) is 45.1 Å². The Morgan fingerprint density at radius 2 is 1.85 bits per heavy atom. The van der Waals surface area contributed by atoms with Gasteiger partial charge in [0, 0.05) is 18.3 Å². The Morgan fingerprint density at radius 3 is 2.45 bits per heavy atom. The summed E-state index contributed by atoms with van der Waals surface area (Å²) in [5.74, 6) is -0.282. The molecule has 1 fully saturated rings. The zero-order chi connectivity index (χ0) is 14.8. The van der Waals surface area contributed by atoms with Gasteiger partial charge in [0.05, 0.1) is 5.54 Å². The molecule has 0 aliphatic heterocycles. The Kier molecular flexibility index (Phi) is 4.09. The minimum absolute atomic E-state index is 0.141. The number of nitrogens with one attached hydrogen (secondary N) is 2. The molecule has 0 aromatic heterocycles. The standard InChI is InChI=1S/C15H21N3O2/c1-10-5-6-12(17-11(2)19)9-13(10)18-14(20)15(16)7-3-4-8-15/h5-6,9H,3-4,7-8,16H2,1-2H3,(H,17,19)(H,18,20). The van der Waals surface area contributed by atoms with E-state index in [1.807, 2.05) is 13.0 Å². The fourth-order valence-corrected chi connectivity index (χ4v) is 2.52. The van der Waals surface area contributed by atoms with Crippen molar-refractivity contribution in [3.05, 3.63) is 23.8 Å². The topological polar surface area (TPSA) is 84.2 Å². The first-order valence-corrected chi connectivity index (χ1v) is 6.89. The third kappa shape index (κ3) is 3.17. The summed E-state index contributed by atoms with van der Waals surface area (Å²) in [6.45, 7) is 3.36. The molecule has 0 saturated heterocycles. The maximum absolute atomic E-state index is 12.3. The summed E-state index contributed by atoms with van der Waals surface area (Å²) in [5.41, 5.74) is 7.68. The second-order valence-corrected chi connectivity index (χ2v) is 5.53. The molecule has 4 N–H and O–H groups in total. The monoisotopic (exact) mass is 275 g/mol. The lowest BCUT2D eigenvalue weighted by Crippen LogP contribution is -2.48. The highest BCUT2D eigenvalue weighted by atomic mass is 16.2. The second-order valence-electron chi connectivity index (χ2n) is 5.53.